The van der Waals surface area contributed by atoms with Crippen molar-refractivity contribution in [3.63, 3.8) is 0 Å². The van der Waals surface area contributed by atoms with E-state index in [2.05, 4.69) is 300 Å². The van der Waals surface area contributed by atoms with Gasteiger partial charge in [-0.2, -0.15) is 0 Å². The van der Waals surface area contributed by atoms with Gasteiger partial charge in [-0.3, -0.25) is 0 Å². The summed E-state index contributed by atoms with van der Waals surface area (Å²) in [6.45, 7) is 15.6. The molecular formula is C81H65BN2S. The monoisotopic (exact) mass is 1110 g/mol. The molecule has 3 heterocycles. The van der Waals surface area contributed by atoms with E-state index in [0.29, 0.717) is 0 Å². The minimum absolute atomic E-state index is 0.0117. The van der Waals surface area contributed by atoms with Crippen molar-refractivity contribution in [3.8, 4) is 44.5 Å². The van der Waals surface area contributed by atoms with Crippen LogP contribution in [0.1, 0.15) is 63.8 Å². The van der Waals surface area contributed by atoms with Crippen molar-refractivity contribution in [2.45, 2.75) is 75.1 Å². The molecular weight excluding hydrogens is 1040 g/mol. The highest BCUT2D eigenvalue weighted by Crippen LogP contribution is 2.47. The maximum absolute atomic E-state index is 2.73. The summed E-state index contributed by atoms with van der Waals surface area (Å²) in [5.74, 6) is 0. The summed E-state index contributed by atoms with van der Waals surface area (Å²) >= 11 is 1.96. The second-order valence-corrected chi connectivity index (χ2v) is 27.0. The molecule has 0 saturated heterocycles. The summed E-state index contributed by atoms with van der Waals surface area (Å²) in [7, 11) is 0. The van der Waals surface area contributed by atoms with Gasteiger partial charge in [0.2, 0.25) is 6.71 Å². The van der Waals surface area contributed by atoms with Gasteiger partial charge in [0.15, 0.2) is 0 Å². The maximum atomic E-state index is 2.73. The smallest absolute Gasteiger partial charge is 0.249 e. The molecule has 16 rings (SSSR count). The number of benzene rings is 13. The van der Waals surface area contributed by atoms with Crippen LogP contribution in [0, 0.1) is 0 Å². The predicted octanol–water partition coefficient (Wildman–Crippen LogP) is 19.7. The predicted molar refractivity (Wildman–Crippen MR) is 367 cm³/mol. The first kappa shape index (κ1) is 51.5. The van der Waals surface area contributed by atoms with E-state index in [1.54, 1.807) is 0 Å². The highest BCUT2D eigenvalue weighted by molar-refractivity contribution is 8.00. The van der Waals surface area contributed by atoms with Crippen LogP contribution in [0.25, 0.3) is 98.6 Å². The Bertz CT molecular complexity index is 4860. The second kappa shape index (κ2) is 19.8. The van der Waals surface area contributed by atoms with Gasteiger partial charge in [0.05, 0.1) is 0 Å². The summed E-state index contributed by atoms with van der Waals surface area (Å²) in [6.07, 6.45) is 0.828. The molecule has 0 unspecified atom stereocenters. The van der Waals surface area contributed by atoms with Crippen LogP contribution in [0.4, 0.5) is 11.4 Å². The van der Waals surface area contributed by atoms with E-state index >= 15 is 0 Å². The quantitative estimate of drug-likeness (QED) is 0.105. The van der Waals surface area contributed by atoms with E-state index in [9.17, 15) is 0 Å². The van der Waals surface area contributed by atoms with Gasteiger partial charge in [-0.15, -0.1) is 0 Å². The number of nitrogens with zero attached hydrogens (tertiary/aromatic N) is 2. The zero-order chi connectivity index (χ0) is 57.3. The molecule has 0 fully saturated rings. The van der Waals surface area contributed by atoms with Gasteiger partial charge in [0, 0.05) is 56.1 Å². The van der Waals surface area contributed by atoms with Crippen molar-refractivity contribution < 1.29 is 0 Å². The third-order valence-corrected chi connectivity index (χ3v) is 19.8. The van der Waals surface area contributed by atoms with Crippen LogP contribution < -0.4 is 21.3 Å². The third kappa shape index (κ3) is 8.62. The number of fused-ring (bicyclic) bond motifs is 7. The van der Waals surface area contributed by atoms with Crippen molar-refractivity contribution in [3.05, 3.63) is 271 Å². The Kier molecular flexibility index (Phi) is 12.0. The Labute approximate surface area is 503 Å². The molecule has 0 atom stereocenters. The molecule has 0 radical (unpaired) electrons. The summed E-state index contributed by atoms with van der Waals surface area (Å²) in [5, 5.41) is 10.6. The number of para-hydroxylation sites is 2. The normalized spacial score (nSPS) is 13.1. The van der Waals surface area contributed by atoms with Gasteiger partial charge in [0.25, 0.3) is 0 Å². The van der Waals surface area contributed by atoms with E-state index in [0.717, 1.165) is 19.5 Å². The summed E-state index contributed by atoms with van der Waals surface area (Å²) in [4.78, 5) is 5.38. The highest BCUT2D eigenvalue weighted by Gasteiger charge is 2.41. The van der Waals surface area contributed by atoms with Crippen LogP contribution in [-0.2, 0) is 23.8 Å². The maximum Gasteiger partial charge on any atom is 0.249 e. The van der Waals surface area contributed by atoms with Gasteiger partial charge in [-0.1, -0.05) is 259 Å². The molecule has 0 amide bonds. The topological polar surface area (TPSA) is 8.17 Å². The SMILES string of the molecule is CC(C)(C)c1cc2ccc3cc(C(C)(C)C)cc4c(-c5ccc6c(c5)B5c7cc(-c8ccccc8)ccc7Sc7cc(Cn8c9ccccc9c9ccccc98)cc(c75)N6CCc5c(-c6ccccc6)cccc5-c5ccccc5)cc(c1)c2c34. The highest BCUT2D eigenvalue weighted by atomic mass is 32.2. The number of aromatic nitrogens is 1. The molecule has 14 aromatic rings. The number of hydrogen-bond donors (Lipinski definition) is 0. The van der Waals surface area contributed by atoms with Gasteiger partial charge in [0.1, 0.15) is 0 Å². The molecule has 4 heteroatoms. The lowest BCUT2D eigenvalue weighted by Gasteiger charge is -2.41. The molecule has 0 spiro atoms. The van der Waals surface area contributed by atoms with Crippen molar-refractivity contribution in [1.29, 1.82) is 0 Å². The van der Waals surface area contributed by atoms with Gasteiger partial charge < -0.3 is 9.47 Å². The summed E-state index contributed by atoms with van der Waals surface area (Å²) < 4.78 is 2.55. The third-order valence-electron chi connectivity index (χ3n) is 18.7. The zero-order valence-corrected chi connectivity index (χ0v) is 50.0. The van der Waals surface area contributed by atoms with E-state index in [1.807, 2.05) is 11.8 Å². The van der Waals surface area contributed by atoms with Crippen molar-refractivity contribution in [1.82, 2.24) is 4.57 Å². The number of anilines is 2. The molecule has 0 bridgehead atoms. The van der Waals surface area contributed by atoms with E-state index in [4.69, 9.17) is 0 Å². The Morgan fingerprint density at radius 2 is 0.953 bits per heavy atom. The number of rotatable bonds is 9. The van der Waals surface area contributed by atoms with Crippen molar-refractivity contribution in [2.75, 3.05) is 11.4 Å². The fourth-order valence-corrected chi connectivity index (χ4v) is 15.6. The largest absolute Gasteiger partial charge is 0.342 e. The summed E-state index contributed by atoms with van der Waals surface area (Å²) in [5.41, 5.74) is 24.6. The minimum Gasteiger partial charge on any atom is -0.342 e. The van der Waals surface area contributed by atoms with Crippen molar-refractivity contribution >= 4 is 100 Å². The van der Waals surface area contributed by atoms with E-state index in [-0.39, 0.29) is 17.5 Å². The van der Waals surface area contributed by atoms with Gasteiger partial charge >= 0.3 is 0 Å². The lowest BCUT2D eigenvalue weighted by atomic mass is 9.34. The van der Waals surface area contributed by atoms with Crippen LogP contribution in [-0.4, -0.2) is 17.8 Å². The average Bonchev–Trinajstić information content (AvgIpc) is 1.54. The fourth-order valence-electron chi connectivity index (χ4n) is 14.4. The molecule has 85 heavy (non-hydrogen) atoms. The van der Waals surface area contributed by atoms with Crippen LogP contribution in [0.3, 0.4) is 0 Å². The Hall–Kier alpha value is -9.09. The van der Waals surface area contributed by atoms with Crippen LogP contribution >= 0.6 is 11.8 Å². The molecule has 408 valence electrons. The molecule has 0 saturated carbocycles. The molecule has 0 aliphatic carbocycles. The molecule has 2 aliphatic heterocycles. The Morgan fingerprint density at radius 3 is 1.60 bits per heavy atom. The average molecular weight is 1110 g/mol. The summed E-state index contributed by atoms with van der Waals surface area (Å²) in [6, 6.07) is 95.0. The number of hydrogen-bond acceptors (Lipinski definition) is 2. The first-order chi connectivity index (χ1) is 41.4. The lowest BCUT2D eigenvalue weighted by Crippen LogP contribution is -2.60. The van der Waals surface area contributed by atoms with E-state index in [1.165, 1.54) is 158 Å². The Morgan fingerprint density at radius 1 is 0.388 bits per heavy atom. The van der Waals surface area contributed by atoms with Crippen molar-refractivity contribution in [2.24, 2.45) is 0 Å². The van der Waals surface area contributed by atoms with E-state index < -0.39 is 0 Å². The molecule has 1 aromatic heterocycles. The van der Waals surface area contributed by atoms with Crippen LogP contribution in [0.2, 0.25) is 0 Å². The zero-order valence-electron chi connectivity index (χ0n) is 49.2. The molecule has 2 nitrogen and oxygen atoms in total. The fraction of sp³-hybridized carbons (Fsp3) is 0.136. The second-order valence-electron chi connectivity index (χ2n) is 25.9. The van der Waals surface area contributed by atoms with Gasteiger partial charge in [-0.05, 0) is 176 Å². The Balaban J connectivity index is 0.956. The molecule has 0 N–H and O–H groups in total. The van der Waals surface area contributed by atoms with Crippen LogP contribution in [0.15, 0.2) is 259 Å². The minimum atomic E-state index is -0.0442. The first-order valence-corrected chi connectivity index (χ1v) is 31.1. The lowest BCUT2D eigenvalue weighted by molar-refractivity contribution is 0.591. The molecule has 13 aromatic carbocycles. The van der Waals surface area contributed by atoms with Crippen LogP contribution in [0.5, 0.6) is 0 Å². The first-order valence-electron chi connectivity index (χ1n) is 30.3. The standard InChI is InChI=1S/C81H65BN2S/c1-80(2,3)60-43-57-33-34-58-44-61(81(4,5)6)49-68-67(46-59(45-60)77(57)78(58)68)56-35-37-73-69(48-56)82-70-47-55(52-21-10-7-11-22-52)36-38-75(70)85-76-42-51(50-84-71-31-18-16-27-65(71)66-28-17-19-32-72(66)84)41-74(79(76)82)83(73)40-39-64-62(53-23-12-8-13-24-53)29-20-30-63(64)54-25-14-9-15-26-54/h7-38,41-49H,39-40,50H2,1-6H3. The molecule has 2 aliphatic rings. The van der Waals surface area contributed by atoms with Gasteiger partial charge in [-0.25, -0.2) is 0 Å².